The van der Waals surface area contributed by atoms with E-state index in [0.29, 0.717) is 0 Å². The van der Waals surface area contributed by atoms with Crippen molar-refractivity contribution in [2.45, 2.75) is 6.42 Å². The van der Waals surface area contributed by atoms with E-state index >= 15 is 0 Å². The molecule has 0 spiro atoms. The lowest BCUT2D eigenvalue weighted by atomic mass is 10.1. The molecule has 0 radical (unpaired) electrons. The standard InChI is InChI=1S/C13H10S2/c1-2-4-13-12(3-1)11(9-15-13)7-10-5-6-14-8-10/h1-6,8-9H,7H2. The van der Waals surface area contributed by atoms with Gasteiger partial charge in [-0.25, -0.2) is 0 Å². The average Bonchev–Trinajstić information content (AvgIpc) is 2.89. The SMILES string of the molecule is c1ccc2c(Cc3ccsc3)csc2c1. The Morgan fingerprint density at radius 2 is 1.93 bits per heavy atom. The first kappa shape index (κ1) is 9.13. The van der Waals surface area contributed by atoms with Crippen molar-refractivity contribution in [2.75, 3.05) is 0 Å². The summed E-state index contributed by atoms with van der Waals surface area (Å²) >= 11 is 3.61. The average molecular weight is 230 g/mol. The van der Waals surface area contributed by atoms with Gasteiger partial charge in [-0.3, -0.25) is 0 Å². The van der Waals surface area contributed by atoms with Crippen molar-refractivity contribution in [1.29, 1.82) is 0 Å². The van der Waals surface area contributed by atoms with Crippen LogP contribution in [0.5, 0.6) is 0 Å². The van der Waals surface area contributed by atoms with Gasteiger partial charge in [0.2, 0.25) is 0 Å². The second-order valence-corrected chi connectivity index (χ2v) is 5.26. The van der Waals surface area contributed by atoms with E-state index in [9.17, 15) is 0 Å². The van der Waals surface area contributed by atoms with Gasteiger partial charge in [-0.2, -0.15) is 11.3 Å². The molecular formula is C13H10S2. The first-order valence-corrected chi connectivity index (χ1v) is 6.72. The van der Waals surface area contributed by atoms with E-state index in [1.54, 1.807) is 11.3 Å². The lowest BCUT2D eigenvalue weighted by molar-refractivity contribution is 1.25. The van der Waals surface area contributed by atoms with Gasteiger partial charge < -0.3 is 0 Å². The van der Waals surface area contributed by atoms with E-state index in [0.717, 1.165) is 6.42 Å². The summed E-state index contributed by atoms with van der Waals surface area (Å²) in [6.45, 7) is 0. The van der Waals surface area contributed by atoms with Crippen molar-refractivity contribution in [1.82, 2.24) is 0 Å². The number of benzene rings is 1. The summed E-state index contributed by atoms with van der Waals surface area (Å²) in [7, 11) is 0. The molecule has 2 heterocycles. The number of thiophene rings is 2. The van der Waals surface area contributed by atoms with Gasteiger partial charge in [0, 0.05) is 4.70 Å². The summed E-state index contributed by atoms with van der Waals surface area (Å²) in [5, 5.41) is 8.06. The van der Waals surface area contributed by atoms with Crippen LogP contribution in [0.15, 0.2) is 46.5 Å². The zero-order valence-electron chi connectivity index (χ0n) is 8.14. The minimum absolute atomic E-state index is 1.06. The van der Waals surface area contributed by atoms with Gasteiger partial charge in [0.05, 0.1) is 0 Å². The quantitative estimate of drug-likeness (QED) is 0.605. The number of fused-ring (bicyclic) bond motifs is 1. The van der Waals surface area contributed by atoms with Gasteiger partial charge in [-0.1, -0.05) is 18.2 Å². The molecule has 0 amide bonds. The molecule has 0 saturated heterocycles. The lowest BCUT2D eigenvalue weighted by Crippen LogP contribution is -1.82. The smallest absolute Gasteiger partial charge is 0.0345 e. The van der Waals surface area contributed by atoms with Gasteiger partial charge in [-0.05, 0) is 51.2 Å². The highest BCUT2D eigenvalue weighted by Gasteiger charge is 2.03. The van der Waals surface area contributed by atoms with Crippen molar-refractivity contribution in [3.63, 3.8) is 0 Å². The Morgan fingerprint density at radius 1 is 1.00 bits per heavy atom. The molecule has 0 nitrogen and oxygen atoms in total. The zero-order chi connectivity index (χ0) is 10.1. The van der Waals surface area contributed by atoms with E-state index in [1.807, 2.05) is 11.3 Å². The Bertz CT molecular complexity index is 561. The van der Waals surface area contributed by atoms with E-state index in [-0.39, 0.29) is 0 Å². The maximum Gasteiger partial charge on any atom is 0.0345 e. The van der Waals surface area contributed by atoms with E-state index in [2.05, 4.69) is 46.5 Å². The fourth-order valence-electron chi connectivity index (χ4n) is 1.78. The van der Waals surface area contributed by atoms with Crippen molar-refractivity contribution >= 4 is 32.8 Å². The summed E-state index contributed by atoms with van der Waals surface area (Å²) in [4.78, 5) is 0. The highest BCUT2D eigenvalue weighted by atomic mass is 32.1. The van der Waals surface area contributed by atoms with E-state index in [1.165, 1.54) is 21.2 Å². The summed E-state index contributed by atoms with van der Waals surface area (Å²) in [6, 6.07) is 10.8. The Balaban J connectivity index is 2.05. The first-order chi connectivity index (χ1) is 7.43. The van der Waals surface area contributed by atoms with Gasteiger partial charge in [-0.15, -0.1) is 11.3 Å². The van der Waals surface area contributed by atoms with Crippen LogP contribution in [0, 0.1) is 0 Å². The molecule has 1 aromatic carbocycles. The third kappa shape index (κ3) is 1.71. The van der Waals surface area contributed by atoms with Crippen LogP contribution in [0.2, 0.25) is 0 Å². The third-order valence-corrected chi connectivity index (χ3v) is 4.28. The van der Waals surface area contributed by atoms with Crippen LogP contribution in [-0.4, -0.2) is 0 Å². The summed E-state index contributed by atoms with van der Waals surface area (Å²) in [5.74, 6) is 0. The van der Waals surface area contributed by atoms with Gasteiger partial charge in [0.15, 0.2) is 0 Å². The predicted octanol–water partition coefficient (Wildman–Crippen LogP) is 4.55. The zero-order valence-corrected chi connectivity index (χ0v) is 9.78. The second kappa shape index (κ2) is 3.80. The lowest BCUT2D eigenvalue weighted by Gasteiger charge is -1.96. The number of rotatable bonds is 2. The van der Waals surface area contributed by atoms with E-state index < -0.39 is 0 Å². The Labute approximate surface area is 96.8 Å². The first-order valence-electron chi connectivity index (χ1n) is 4.90. The molecule has 0 fully saturated rings. The largest absolute Gasteiger partial charge is 0.152 e. The molecule has 3 rings (SSSR count). The molecule has 0 aliphatic carbocycles. The Hall–Kier alpha value is -1.12. The van der Waals surface area contributed by atoms with Crippen molar-refractivity contribution in [3.8, 4) is 0 Å². The fourth-order valence-corrected chi connectivity index (χ4v) is 3.41. The van der Waals surface area contributed by atoms with Crippen LogP contribution >= 0.6 is 22.7 Å². The molecule has 0 aliphatic rings. The van der Waals surface area contributed by atoms with Crippen LogP contribution in [0.3, 0.4) is 0 Å². The molecule has 2 aromatic heterocycles. The highest BCUT2D eigenvalue weighted by molar-refractivity contribution is 7.17. The molecule has 2 heteroatoms. The number of hydrogen-bond acceptors (Lipinski definition) is 2. The van der Waals surface area contributed by atoms with Gasteiger partial charge in [0.25, 0.3) is 0 Å². The Kier molecular flexibility index (Phi) is 2.31. The molecule has 0 saturated carbocycles. The van der Waals surface area contributed by atoms with Gasteiger partial charge >= 0.3 is 0 Å². The van der Waals surface area contributed by atoms with Gasteiger partial charge in [0.1, 0.15) is 0 Å². The molecule has 0 bridgehead atoms. The number of hydrogen-bond donors (Lipinski definition) is 0. The summed E-state index contributed by atoms with van der Waals surface area (Å²) in [5.41, 5.74) is 2.87. The highest BCUT2D eigenvalue weighted by Crippen LogP contribution is 2.27. The topological polar surface area (TPSA) is 0 Å². The molecular weight excluding hydrogens is 220 g/mol. The normalized spacial score (nSPS) is 10.9. The molecule has 15 heavy (non-hydrogen) atoms. The molecule has 0 aliphatic heterocycles. The monoisotopic (exact) mass is 230 g/mol. The second-order valence-electron chi connectivity index (χ2n) is 3.57. The third-order valence-electron chi connectivity index (χ3n) is 2.54. The summed E-state index contributed by atoms with van der Waals surface area (Å²) in [6.07, 6.45) is 1.06. The van der Waals surface area contributed by atoms with Crippen molar-refractivity contribution in [3.05, 3.63) is 57.6 Å². The van der Waals surface area contributed by atoms with Crippen molar-refractivity contribution in [2.24, 2.45) is 0 Å². The van der Waals surface area contributed by atoms with E-state index in [4.69, 9.17) is 0 Å². The molecule has 0 unspecified atom stereocenters. The maximum atomic E-state index is 2.28. The predicted molar refractivity (Wildman–Crippen MR) is 69.0 cm³/mol. The van der Waals surface area contributed by atoms with Crippen LogP contribution in [0.4, 0.5) is 0 Å². The van der Waals surface area contributed by atoms with Crippen LogP contribution in [-0.2, 0) is 6.42 Å². The van der Waals surface area contributed by atoms with Crippen LogP contribution < -0.4 is 0 Å². The minimum atomic E-state index is 1.06. The van der Waals surface area contributed by atoms with Crippen LogP contribution in [0.25, 0.3) is 10.1 Å². The molecule has 74 valence electrons. The summed E-state index contributed by atoms with van der Waals surface area (Å²) < 4.78 is 1.39. The molecule has 0 atom stereocenters. The fraction of sp³-hybridized carbons (Fsp3) is 0.0769. The van der Waals surface area contributed by atoms with Crippen molar-refractivity contribution < 1.29 is 0 Å². The maximum absolute atomic E-state index is 2.28. The molecule has 3 aromatic rings. The molecule has 0 N–H and O–H groups in total. The van der Waals surface area contributed by atoms with Crippen LogP contribution in [0.1, 0.15) is 11.1 Å². The Morgan fingerprint density at radius 3 is 2.80 bits per heavy atom. The minimum Gasteiger partial charge on any atom is -0.152 e.